The smallest absolute Gasteiger partial charge is 0.337 e. The van der Waals surface area contributed by atoms with Crippen molar-refractivity contribution in [1.29, 1.82) is 0 Å². The number of esters is 1. The van der Waals surface area contributed by atoms with Crippen LogP contribution in [0.15, 0.2) is 22.7 Å². The molecule has 0 amide bonds. The molecule has 0 saturated carbocycles. The van der Waals surface area contributed by atoms with Crippen LogP contribution in [0.4, 0.5) is 5.69 Å². The van der Waals surface area contributed by atoms with Gasteiger partial charge in [0, 0.05) is 23.2 Å². The van der Waals surface area contributed by atoms with E-state index in [2.05, 4.69) is 20.8 Å². The third kappa shape index (κ3) is 2.98. The molecule has 1 fully saturated rings. The van der Waals surface area contributed by atoms with Crippen LogP contribution in [0.3, 0.4) is 0 Å². The highest BCUT2D eigenvalue weighted by atomic mass is 79.9. The second-order valence-corrected chi connectivity index (χ2v) is 4.70. The summed E-state index contributed by atoms with van der Waals surface area (Å²) in [4.78, 5) is 13.7. The summed E-state index contributed by atoms with van der Waals surface area (Å²) in [7, 11) is 1.39. The molecule has 0 N–H and O–H groups in total. The van der Waals surface area contributed by atoms with Gasteiger partial charge in [0.05, 0.1) is 25.9 Å². The van der Waals surface area contributed by atoms with Crippen molar-refractivity contribution in [3.05, 3.63) is 28.2 Å². The van der Waals surface area contributed by atoms with E-state index in [9.17, 15) is 4.79 Å². The van der Waals surface area contributed by atoms with Crippen molar-refractivity contribution < 1.29 is 14.3 Å². The van der Waals surface area contributed by atoms with Gasteiger partial charge in [-0.15, -0.1) is 0 Å². The molecular weight excluding hydrogens is 286 g/mol. The Labute approximate surface area is 109 Å². The number of anilines is 1. The lowest BCUT2D eigenvalue weighted by molar-refractivity contribution is 0.0600. The molecule has 1 heterocycles. The molecule has 0 unspecified atom stereocenters. The van der Waals surface area contributed by atoms with E-state index in [1.807, 2.05) is 12.1 Å². The molecule has 0 bridgehead atoms. The molecule has 1 aromatic carbocycles. The van der Waals surface area contributed by atoms with E-state index in [-0.39, 0.29) is 5.97 Å². The second-order valence-electron chi connectivity index (χ2n) is 3.79. The highest BCUT2D eigenvalue weighted by Crippen LogP contribution is 2.24. The first-order chi connectivity index (χ1) is 8.20. The highest BCUT2D eigenvalue weighted by molar-refractivity contribution is 9.10. The Morgan fingerprint density at radius 1 is 1.35 bits per heavy atom. The maximum absolute atomic E-state index is 11.5. The number of ether oxygens (including phenoxy) is 2. The van der Waals surface area contributed by atoms with E-state index in [1.165, 1.54) is 7.11 Å². The number of rotatable bonds is 2. The standard InChI is InChI=1S/C12H14BrNO3/c1-16-12(15)9-6-10(13)8-11(7-9)14-2-4-17-5-3-14/h6-8H,2-5H2,1H3. The predicted molar refractivity (Wildman–Crippen MR) is 68.5 cm³/mol. The maximum Gasteiger partial charge on any atom is 0.337 e. The summed E-state index contributed by atoms with van der Waals surface area (Å²) in [6.07, 6.45) is 0. The number of hydrogen-bond acceptors (Lipinski definition) is 4. The van der Waals surface area contributed by atoms with Gasteiger partial charge in [0.15, 0.2) is 0 Å². The van der Waals surface area contributed by atoms with Crippen molar-refractivity contribution in [2.45, 2.75) is 0 Å². The van der Waals surface area contributed by atoms with Crippen molar-refractivity contribution >= 4 is 27.6 Å². The summed E-state index contributed by atoms with van der Waals surface area (Å²) < 4.78 is 10.9. The van der Waals surface area contributed by atoms with Crippen molar-refractivity contribution in [2.24, 2.45) is 0 Å². The summed E-state index contributed by atoms with van der Waals surface area (Å²) >= 11 is 3.41. The average molecular weight is 300 g/mol. The van der Waals surface area contributed by atoms with Gasteiger partial charge in [-0.1, -0.05) is 15.9 Å². The lowest BCUT2D eigenvalue weighted by atomic mass is 10.2. The second kappa shape index (κ2) is 5.51. The average Bonchev–Trinajstić information content (AvgIpc) is 2.38. The first kappa shape index (κ1) is 12.4. The van der Waals surface area contributed by atoms with Gasteiger partial charge in [-0.05, 0) is 18.2 Å². The molecule has 0 aliphatic carbocycles. The van der Waals surface area contributed by atoms with Gasteiger partial charge in [0.2, 0.25) is 0 Å². The number of carbonyl (C=O) groups excluding carboxylic acids is 1. The van der Waals surface area contributed by atoms with Crippen molar-refractivity contribution in [1.82, 2.24) is 0 Å². The van der Waals surface area contributed by atoms with Crippen LogP contribution in [-0.4, -0.2) is 39.4 Å². The van der Waals surface area contributed by atoms with Gasteiger partial charge in [-0.3, -0.25) is 0 Å². The molecule has 1 aromatic rings. The van der Waals surface area contributed by atoms with Gasteiger partial charge in [-0.2, -0.15) is 0 Å². The minimum atomic E-state index is -0.319. The van der Waals surface area contributed by atoms with E-state index < -0.39 is 0 Å². The number of carbonyl (C=O) groups is 1. The molecule has 1 aliphatic heterocycles. The largest absolute Gasteiger partial charge is 0.465 e. The Hall–Kier alpha value is -1.07. The lowest BCUT2D eigenvalue weighted by Gasteiger charge is -2.29. The van der Waals surface area contributed by atoms with Crippen LogP contribution in [-0.2, 0) is 9.47 Å². The molecule has 1 aliphatic rings. The fraction of sp³-hybridized carbons (Fsp3) is 0.417. The fourth-order valence-corrected chi connectivity index (χ4v) is 2.30. The minimum absolute atomic E-state index is 0.319. The van der Waals surface area contributed by atoms with Gasteiger partial charge in [-0.25, -0.2) is 4.79 Å². The van der Waals surface area contributed by atoms with Crippen LogP contribution < -0.4 is 4.90 Å². The van der Waals surface area contributed by atoms with Crippen LogP contribution in [0.25, 0.3) is 0 Å². The molecule has 92 valence electrons. The lowest BCUT2D eigenvalue weighted by Crippen LogP contribution is -2.36. The summed E-state index contributed by atoms with van der Waals surface area (Å²) in [6, 6.07) is 5.61. The zero-order valence-electron chi connectivity index (χ0n) is 9.61. The Morgan fingerprint density at radius 3 is 2.71 bits per heavy atom. The Morgan fingerprint density at radius 2 is 2.06 bits per heavy atom. The molecule has 0 spiro atoms. The van der Waals surface area contributed by atoms with Crippen LogP contribution in [0, 0.1) is 0 Å². The molecule has 0 aromatic heterocycles. The number of hydrogen-bond donors (Lipinski definition) is 0. The van der Waals surface area contributed by atoms with Crippen molar-refractivity contribution in [2.75, 3.05) is 38.3 Å². The summed E-state index contributed by atoms with van der Waals surface area (Å²) in [6.45, 7) is 3.13. The Kier molecular flexibility index (Phi) is 4.02. The van der Waals surface area contributed by atoms with Gasteiger partial charge in [0.1, 0.15) is 0 Å². The van der Waals surface area contributed by atoms with E-state index in [0.717, 1.165) is 36.5 Å². The van der Waals surface area contributed by atoms with Crippen LogP contribution in [0.5, 0.6) is 0 Å². The van der Waals surface area contributed by atoms with Crippen molar-refractivity contribution in [3.63, 3.8) is 0 Å². The molecule has 5 heteroatoms. The van der Waals surface area contributed by atoms with Crippen LogP contribution in [0.1, 0.15) is 10.4 Å². The molecule has 0 radical (unpaired) electrons. The fourth-order valence-electron chi connectivity index (χ4n) is 1.81. The van der Waals surface area contributed by atoms with Crippen LogP contribution in [0.2, 0.25) is 0 Å². The minimum Gasteiger partial charge on any atom is -0.465 e. The topological polar surface area (TPSA) is 38.8 Å². The normalized spacial score (nSPS) is 15.8. The molecular formula is C12H14BrNO3. The highest BCUT2D eigenvalue weighted by Gasteiger charge is 2.14. The van der Waals surface area contributed by atoms with Crippen molar-refractivity contribution in [3.8, 4) is 0 Å². The Bertz CT molecular complexity index is 416. The SMILES string of the molecule is COC(=O)c1cc(Br)cc(N2CCOCC2)c1. The monoisotopic (exact) mass is 299 g/mol. The number of morpholine rings is 1. The Balaban J connectivity index is 2.27. The van der Waals surface area contributed by atoms with Gasteiger partial charge in [0.25, 0.3) is 0 Å². The summed E-state index contributed by atoms with van der Waals surface area (Å²) in [5.41, 5.74) is 1.58. The van der Waals surface area contributed by atoms with E-state index in [0.29, 0.717) is 5.56 Å². The number of halogens is 1. The summed E-state index contributed by atoms with van der Waals surface area (Å²) in [5.74, 6) is -0.319. The van der Waals surface area contributed by atoms with E-state index in [1.54, 1.807) is 6.07 Å². The van der Waals surface area contributed by atoms with E-state index in [4.69, 9.17) is 9.47 Å². The first-order valence-electron chi connectivity index (χ1n) is 5.42. The molecule has 0 atom stereocenters. The third-order valence-electron chi connectivity index (χ3n) is 2.68. The molecule has 4 nitrogen and oxygen atoms in total. The third-order valence-corrected chi connectivity index (χ3v) is 3.14. The predicted octanol–water partition coefficient (Wildman–Crippen LogP) is 2.07. The zero-order valence-corrected chi connectivity index (χ0v) is 11.2. The maximum atomic E-state index is 11.5. The molecule has 2 rings (SSSR count). The van der Waals surface area contributed by atoms with Crippen LogP contribution >= 0.6 is 15.9 Å². The number of benzene rings is 1. The number of nitrogens with zero attached hydrogens (tertiary/aromatic N) is 1. The van der Waals surface area contributed by atoms with Gasteiger partial charge < -0.3 is 14.4 Å². The number of methoxy groups -OCH3 is 1. The van der Waals surface area contributed by atoms with Gasteiger partial charge >= 0.3 is 5.97 Å². The summed E-state index contributed by atoms with van der Waals surface area (Å²) in [5, 5.41) is 0. The first-order valence-corrected chi connectivity index (χ1v) is 6.21. The molecule has 17 heavy (non-hydrogen) atoms. The molecule has 1 saturated heterocycles. The quantitative estimate of drug-likeness (QED) is 0.784. The zero-order chi connectivity index (χ0) is 12.3. The van der Waals surface area contributed by atoms with E-state index >= 15 is 0 Å².